The molecule has 2 N–H and O–H groups in total. The van der Waals surface area contributed by atoms with E-state index >= 15 is 0 Å². The van der Waals surface area contributed by atoms with Gasteiger partial charge in [-0.3, -0.25) is 14.5 Å². The van der Waals surface area contributed by atoms with Gasteiger partial charge in [0.15, 0.2) is 0 Å². The molecule has 0 radical (unpaired) electrons. The van der Waals surface area contributed by atoms with Gasteiger partial charge in [-0.05, 0) is 35.4 Å². The van der Waals surface area contributed by atoms with Gasteiger partial charge in [0.25, 0.3) is 5.91 Å². The molecule has 4 rings (SSSR count). The van der Waals surface area contributed by atoms with Crippen LogP contribution in [0, 0.1) is 5.82 Å². The van der Waals surface area contributed by atoms with Crippen LogP contribution in [-0.2, 0) is 16.0 Å². The van der Waals surface area contributed by atoms with E-state index < -0.39 is 6.04 Å². The Bertz CT molecular complexity index is 1090. The number of nitrogens with one attached hydrogen (secondary N) is 2. The van der Waals surface area contributed by atoms with E-state index in [9.17, 15) is 14.0 Å². The Kier molecular flexibility index (Phi) is 8.59. The highest BCUT2D eigenvalue weighted by Crippen LogP contribution is 2.22. The highest BCUT2D eigenvalue weighted by molar-refractivity contribution is 5.97. The Balaban J connectivity index is 1.49. The van der Waals surface area contributed by atoms with Crippen molar-refractivity contribution in [2.75, 3.05) is 32.8 Å². The summed E-state index contributed by atoms with van der Waals surface area (Å²) >= 11 is 0. The maximum Gasteiger partial charge on any atom is 0.251 e. The van der Waals surface area contributed by atoms with Gasteiger partial charge < -0.3 is 15.4 Å². The molecule has 0 saturated carbocycles. The topological polar surface area (TPSA) is 70.7 Å². The lowest BCUT2D eigenvalue weighted by Crippen LogP contribution is -2.50. The molecule has 1 saturated heterocycles. The van der Waals surface area contributed by atoms with Crippen LogP contribution in [-0.4, -0.2) is 55.6 Å². The number of nitrogens with zero attached hydrogens (tertiary/aromatic N) is 1. The predicted molar refractivity (Wildman–Crippen MR) is 132 cm³/mol. The highest BCUT2D eigenvalue weighted by atomic mass is 19.1. The van der Waals surface area contributed by atoms with Gasteiger partial charge in [0, 0.05) is 31.6 Å². The highest BCUT2D eigenvalue weighted by Gasteiger charge is 2.26. The van der Waals surface area contributed by atoms with Crippen LogP contribution in [0.2, 0.25) is 0 Å². The third kappa shape index (κ3) is 6.97. The summed E-state index contributed by atoms with van der Waals surface area (Å²) in [5.41, 5.74) is 2.36. The molecule has 2 unspecified atom stereocenters. The quantitative estimate of drug-likeness (QED) is 0.498. The molecule has 2 amide bonds. The summed E-state index contributed by atoms with van der Waals surface area (Å²) < 4.78 is 19.0. The summed E-state index contributed by atoms with van der Waals surface area (Å²) in [4.78, 5) is 28.4. The molecule has 6 nitrogen and oxygen atoms in total. The average molecular weight is 476 g/mol. The van der Waals surface area contributed by atoms with E-state index in [1.807, 2.05) is 36.4 Å². The standard InChI is InChI=1S/C28H30FN3O3/c29-24-13-11-22(12-14-24)26(32-15-17-35-18-16-32)20-30-28(34)25(19-21-7-3-1-4-8-21)31-27(33)23-9-5-2-6-10-23/h1-14,25-26H,15-20H2,(H,30,34)(H,31,33). The van der Waals surface area contributed by atoms with Crippen LogP contribution in [0.25, 0.3) is 0 Å². The van der Waals surface area contributed by atoms with Crippen LogP contribution < -0.4 is 10.6 Å². The van der Waals surface area contributed by atoms with Crippen molar-refractivity contribution in [1.82, 2.24) is 15.5 Å². The van der Waals surface area contributed by atoms with Crippen LogP contribution in [0.5, 0.6) is 0 Å². The fourth-order valence-electron chi connectivity index (χ4n) is 4.24. The minimum Gasteiger partial charge on any atom is -0.379 e. The lowest BCUT2D eigenvalue weighted by molar-refractivity contribution is -0.123. The van der Waals surface area contributed by atoms with Gasteiger partial charge in [0.1, 0.15) is 11.9 Å². The maximum absolute atomic E-state index is 13.5. The van der Waals surface area contributed by atoms with E-state index in [-0.39, 0.29) is 23.7 Å². The van der Waals surface area contributed by atoms with E-state index in [0.29, 0.717) is 31.7 Å². The lowest BCUT2D eigenvalue weighted by atomic mass is 10.0. The summed E-state index contributed by atoms with van der Waals surface area (Å²) in [6, 6.07) is 23.9. The second-order valence-corrected chi connectivity index (χ2v) is 8.54. The number of rotatable bonds is 9. The molecule has 35 heavy (non-hydrogen) atoms. The molecule has 0 spiro atoms. The first-order chi connectivity index (χ1) is 17.1. The summed E-state index contributed by atoms with van der Waals surface area (Å²) in [5.74, 6) is -0.867. The number of halogens is 1. The molecular formula is C28H30FN3O3. The van der Waals surface area contributed by atoms with E-state index in [1.165, 1.54) is 12.1 Å². The molecule has 1 aliphatic heterocycles. The number of amides is 2. The molecule has 2 atom stereocenters. The van der Waals surface area contributed by atoms with Crippen LogP contribution in [0.3, 0.4) is 0 Å². The van der Waals surface area contributed by atoms with Gasteiger partial charge in [-0.15, -0.1) is 0 Å². The molecule has 1 heterocycles. The Morgan fingerprint density at radius 1 is 0.886 bits per heavy atom. The average Bonchev–Trinajstić information content (AvgIpc) is 2.91. The van der Waals surface area contributed by atoms with Gasteiger partial charge in [0.05, 0.1) is 19.3 Å². The minimum absolute atomic E-state index is 0.134. The molecule has 7 heteroatoms. The third-order valence-corrected chi connectivity index (χ3v) is 6.15. The van der Waals surface area contributed by atoms with Crippen molar-refractivity contribution in [2.24, 2.45) is 0 Å². The van der Waals surface area contributed by atoms with Crippen molar-refractivity contribution in [3.8, 4) is 0 Å². The molecule has 0 aromatic heterocycles. The van der Waals surface area contributed by atoms with Crippen LogP contribution in [0.1, 0.15) is 27.5 Å². The van der Waals surface area contributed by atoms with Crippen molar-refractivity contribution in [2.45, 2.75) is 18.5 Å². The van der Waals surface area contributed by atoms with Gasteiger partial charge in [-0.25, -0.2) is 4.39 Å². The third-order valence-electron chi connectivity index (χ3n) is 6.15. The Morgan fingerprint density at radius 2 is 1.51 bits per heavy atom. The SMILES string of the molecule is O=C(NC(Cc1ccccc1)C(=O)NCC(c1ccc(F)cc1)N1CCOCC1)c1ccccc1. The summed E-state index contributed by atoms with van der Waals surface area (Å²) in [7, 11) is 0. The smallest absolute Gasteiger partial charge is 0.251 e. The van der Waals surface area contributed by atoms with Crippen molar-refractivity contribution in [1.29, 1.82) is 0 Å². The number of carbonyl (C=O) groups excluding carboxylic acids is 2. The first-order valence-corrected chi connectivity index (χ1v) is 11.8. The molecule has 3 aromatic carbocycles. The zero-order chi connectivity index (χ0) is 24.5. The first kappa shape index (κ1) is 24.6. The zero-order valence-electron chi connectivity index (χ0n) is 19.5. The first-order valence-electron chi connectivity index (χ1n) is 11.8. The fraction of sp³-hybridized carbons (Fsp3) is 0.286. The summed E-state index contributed by atoms with van der Waals surface area (Å²) in [5, 5.41) is 5.94. The van der Waals surface area contributed by atoms with Crippen LogP contribution in [0.4, 0.5) is 4.39 Å². The van der Waals surface area contributed by atoms with Crippen molar-refractivity contribution in [3.05, 3.63) is 107 Å². The van der Waals surface area contributed by atoms with E-state index in [2.05, 4.69) is 15.5 Å². The monoisotopic (exact) mass is 475 g/mol. The van der Waals surface area contributed by atoms with Crippen LogP contribution in [0.15, 0.2) is 84.9 Å². The van der Waals surface area contributed by atoms with Gasteiger partial charge in [-0.1, -0.05) is 60.7 Å². The molecule has 0 bridgehead atoms. The number of ether oxygens (including phenoxy) is 1. The van der Waals surface area contributed by atoms with Gasteiger partial charge >= 0.3 is 0 Å². The normalized spacial score (nSPS) is 15.7. The molecule has 1 aliphatic rings. The van der Waals surface area contributed by atoms with Crippen molar-refractivity contribution >= 4 is 11.8 Å². The Hall–Kier alpha value is -3.55. The van der Waals surface area contributed by atoms with Crippen LogP contribution >= 0.6 is 0 Å². The molecule has 182 valence electrons. The van der Waals surface area contributed by atoms with Crippen molar-refractivity contribution in [3.63, 3.8) is 0 Å². The molecular weight excluding hydrogens is 445 g/mol. The molecule has 3 aromatic rings. The molecule has 1 fully saturated rings. The van der Waals surface area contributed by atoms with Gasteiger partial charge in [0.2, 0.25) is 5.91 Å². The lowest BCUT2D eigenvalue weighted by Gasteiger charge is -2.35. The largest absolute Gasteiger partial charge is 0.379 e. The number of hydrogen-bond acceptors (Lipinski definition) is 4. The Morgan fingerprint density at radius 3 is 2.17 bits per heavy atom. The van der Waals surface area contributed by atoms with E-state index in [1.54, 1.807) is 36.4 Å². The summed E-state index contributed by atoms with van der Waals surface area (Å²) in [6.45, 7) is 2.98. The predicted octanol–water partition coefficient (Wildman–Crippen LogP) is 3.36. The second kappa shape index (κ2) is 12.2. The second-order valence-electron chi connectivity index (χ2n) is 8.54. The fourth-order valence-corrected chi connectivity index (χ4v) is 4.24. The van der Waals surface area contributed by atoms with Crippen molar-refractivity contribution < 1.29 is 18.7 Å². The minimum atomic E-state index is -0.747. The summed E-state index contributed by atoms with van der Waals surface area (Å²) in [6.07, 6.45) is 0.365. The molecule has 0 aliphatic carbocycles. The maximum atomic E-state index is 13.5. The van der Waals surface area contributed by atoms with E-state index in [0.717, 1.165) is 24.2 Å². The van der Waals surface area contributed by atoms with Gasteiger partial charge in [-0.2, -0.15) is 0 Å². The zero-order valence-corrected chi connectivity index (χ0v) is 19.5. The number of morpholine rings is 1. The number of benzene rings is 3. The number of hydrogen-bond donors (Lipinski definition) is 2. The number of carbonyl (C=O) groups is 2. The van der Waals surface area contributed by atoms with E-state index in [4.69, 9.17) is 4.74 Å². The Labute approximate surface area is 205 Å².